The average Bonchev–Trinajstić information content (AvgIpc) is 3.23. The molecule has 10 heteroatoms. The summed E-state index contributed by atoms with van der Waals surface area (Å²) in [5.74, 6) is -1.52. The summed E-state index contributed by atoms with van der Waals surface area (Å²) < 4.78 is 32.4. The second-order valence-electron chi connectivity index (χ2n) is 6.28. The molecule has 1 aliphatic rings. The molecule has 0 bridgehead atoms. The maximum absolute atomic E-state index is 12.3. The van der Waals surface area contributed by atoms with Crippen molar-refractivity contribution in [3.63, 3.8) is 0 Å². The van der Waals surface area contributed by atoms with Gasteiger partial charge in [-0.15, -0.1) is 0 Å². The minimum absolute atomic E-state index is 0.0611. The van der Waals surface area contributed by atoms with Gasteiger partial charge < -0.3 is 38.3 Å². The molecule has 1 atom stereocenters. The largest absolute Gasteiger partial charge is 0.502 e. The van der Waals surface area contributed by atoms with Crippen LogP contribution in [0, 0.1) is 0 Å². The SMILES string of the molecule is CCOC(=O)C[C@H](c1cc(OC)c2c(c1OC)OCO2)c1oc(CO)cc(=O)c1O. The Morgan fingerprint density at radius 3 is 2.57 bits per heavy atom. The minimum atomic E-state index is -1.01. The van der Waals surface area contributed by atoms with Gasteiger partial charge in [-0.2, -0.15) is 0 Å². The van der Waals surface area contributed by atoms with Gasteiger partial charge in [0.15, 0.2) is 17.3 Å². The van der Waals surface area contributed by atoms with Crippen molar-refractivity contribution in [2.45, 2.75) is 25.9 Å². The number of aromatic hydroxyl groups is 1. The lowest BCUT2D eigenvalue weighted by Crippen LogP contribution is -2.16. The number of hydrogen-bond acceptors (Lipinski definition) is 10. The third-order valence-electron chi connectivity index (χ3n) is 4.54. The van der Waals surface area contributed by atoms with E-state index in [1.165, 1.54) is 14.2 Å². The molecule has 0 spiro atoms. The molecule has 2 N–H and O–H groups in total. The van der Waals surface area contributed by atoms with E-state index >= 15 is 0 Å². The van der Waals surface area contributed by atoms with Crippen LogP contribution in [0.4, 0.5) is 0 Å². The second-order valence-corrected chi connectivity index (χ2v) is 6.28. The number of hydrogen-bond donors (Lipinski definition) is 2. The van der Waals surface area contributed by atoms with Crippen molar-refractivity contribution < 1.29 is 43.1 Å². The summed E-state index contributed by atoms with van der Waals surface area (Å²) in [4.78, 5) is 24.5. The summed E-state index contributed by atoms with van der Waals surface area (Å²) in [6.45, 7) is 1.16. The molecule has 0 fully saturated rings. The zero-order chi connectivity index (χ0) is 21.8. The van der Waals surface area contributed by atoms with Crippen LogP contribution in [-0.2, 0) is 16.1 Å². The number of carbonyl (C=O) groups excluding carboxylic acids is 1. The Hall–Kier alpha value is -3.40. The van der Waals surface area contributed by atoms with Crippen LogP contribution < -0.4 is 24.4 Å². The number of fused-ring (bicyclic) bond motifs is 1. The van der Waals surface area contributed by atoms with Crippen LogP contribution in [0.1, 0.15) is 36.3 Å². The molecule has 3 rings (SSSR count). The highest BCUT2D eigenvalue weighted by molar-refractivity contribution is 5.73. The van der Waals surface area contributed by atoms with Gasteiger partial charge in [-0.05, 0) is 13.0 Å². The molecular formula is C20H22O10. The molecule has 30 heavy (non-hydrogen) atoms. The maximum Gasteiger partial charge on any atom is 0.306 e. The molecule has 162 valence electrons. The van der Waals surface area contributed by atoms with Crippen LogP contribution in [0.5, 0.6) is 28.7 Å². The molecule has 10 nitrogen and oxygen atoms in total. The van der Waals surface area contributed by atoms with E-state index in [1.807, 2.05) is 0 Å². The number of ether oxygens (including phenoxy) is 5. The van der Waals surface area contributed by atoms with Crippen LogP contribution in [0.3, 0.4) is 0 Å². The van der Waals surface area contributed by atoms with Crippen molar-refractivity contribution >= 4 is 5.97 Å². The monoisotopic (exact) mass is 422 g/mol. The first kappa shape index (κ1) is 21.3. The Bertz CT molecular complexity index is 994. The molecule has 0 saturated carbocycles. The van der Waals surface area contributed by atoms with Crippen LogP contribution in [0.15, 0.2) is 21.3 Å². The Morgan fingerprint density at radius 2 is 1.93 bits per heavy atom. The molecule has 1 aliphatic heterocycles. The standard InChI is InChI=1S/C20H22O10/c1-4-27-15(23)7-12(17-16(24)13(22)5-10(8-21)30-17)11-6-14(25-2)19-20(18(11)26-3)29-9-28-19/h5-6,12,21,24H,4,7-9H2,1-3H3/t12-/m1/s1. The van der Waals surface area contributed by atoms with E-state index < -0.39 is 29.7 Å². The average molecular weight is 422 g/mol. The molecular weight excluding hydrogens is 400 g/mol. The fourth-order valence-electron chi connectivity index (χ4n) is 3.25. The van der Waals surface area contributed by atoms with E-state index in [0.717, 1.165) is 6.07 Å². The lowest BCUT2D eigenvalue weighted by molar-refractivity contribution is -0.143. The van der Waals surface area contributed by atoms with Crippen molar-refractivity contribution in [3.8, 4) is 28.7 Å². The van der Waals surface area contributed by atoms with Gasteiger partial charge in [0.2, 0.25) is 29.5 Å². The van der Waals surface area contributed by atoms with Crippen LogP contribution >= 0.6 is 0 Å². The topological polar surface area (TPSA) is 134 Å². The lowest BCUT2D eigenvalue weighted by Gasteiger charge is -2.21. The van der Waals surface area contributed by atoms with Crippen molar-refractivity contribution in [2.75, 3.05) is 27.6 Å². The number of aliphatic hydroxyl groups excluding tert-OH is 1. The minimum Gasteiger partial charge on any atom is -0.502 e. The van der Waals surface area contributed by atoms with Gasteiger partial charge in [0.25, 0.3) is 0 Å². The van der Waals surface area contributed by atoms with E-state index in [9.17, 15) is 19.8 Å². The molecule has 0 amide bonds. The van der Waals surface area contributed by atoms with Crippen molar-refractivity contribution in [2.24, 2.45) is 0 Å². The first-order chi connectivity index (χ1) is 14.4. The lowest BCUT2D eigenvalue weighted by atomic mass is 9.90. The van der Waals surface area contributed by atoms with Gasteiger partial charge in [0.1, 0.15) is 12.4 Å². The summed E-state index contributed by atoms with van der Waals surface area (Å²) >= 11 is 0. The normalized spacial score (nSPS) is 13.1. The van der Waals surface area contributed by atoms with Gasteiger partial charge in [-0.3, -0.25) is 9.59 Å². The summed E-state index contributed by atoms with van der Waals surface area (Å²) in [6.07, 6.45) is -0.293. The van der Waals surface area contributed by atoms with Gasteiger partial charge in [0.05, 0.1) is 33.2 Å². The van der Waals surface area contributed by atoms with Gasteiger partial charge >= 0.3 is 5.97 Å². The van der Waals surface area contributed by atoms with Crippen LogP contribution in [0.25, 0.3) is 0 Å². The summed E-state index contributed by atoms with van der Waals surface area (Å²) in [7, 11) is 2.83. The third-order valence-corrected chi connectivity index (χ3v) is 4.54. The summed E-state index contributed by atoms with van der Waals surface area (Å²) in [5, 5.41) is 19.8. The first-order valence-electron chi connectivity index (χ1n) is 9.11. The second kappa shape index (κ2) is 8.95. The highest BCUT2D eigenvalue weighted by atomic mass is 16.7. The number of aliphatic hydroxyl groups is 1. The molecule has 0 radical (unpaired) electrons. The van der Waals surface area contributed by atoms with Crippen LogP contribution in [-0.4, -0.2) is 43.8 Å². The molecule has 1 aromatic heterocycles. The first-order valence-corrected chi connectivity index (χ1v) is 9.11. The molecule has 0 unspecified atom stereocenters. The van der Waals surface area contributed by atoms with E-state index in [1.54, 1.807) is 13.0 Å². The molecule has 0 saturated heterocycles. The van der Waals surface area contributed by atoms with E-state index in [2.05, 4.69) is 0 Å². The molecule has 0 aliphatic carbocycles. The quantitative estimate of drug-likeness (QED) is 0.605. The summed E-state index contributed by atoms with van der Waals surface area (Å²) in [6, 6.07) is 2.51. The van der Waals surface area contributed by atoms with Crippen LogP contribution in [0.2, 0.25) is 0 Å². The Kier molecular flexibility index (Phi) is 6.36. The fraction of sp³-hybridized carbons (Fsp3) is 0.400. The molecule has 2 heterocycles. The molecule has 1 aromatic carbocycles. The highest BCUT2D eigenvalue weighted by Crippen LogP contribution is 2.53. The number of carbonyl (C=O) groups is 1. The maximum atomic E-state index is 12.3. The fourth-order valence-corrected chi connectivity index (χ4v) is 3.25. The van der Waals surface area contributed by atoms with E-state index in [4.69, 9.17) is 28.1 Å². The number of esters is 1. The predicted molar refractivity (Wildman–Crippen MR) is 101 cm³/mol. The zero-order valence-electron chi connectivity index (χ0n) is 16.7. The van der Waals surface area contributed by atoms with Gasteiger partial charge in [-0.1, -0.05) is 0 Å². The Morgan fingerprint density at radius 1 is 1.20 bits per heavy atom. The van der Waals surface area contributed by atoms with Crippen molar-refractivity contribution in [1.29, 1.82) is 0 Å². The van der Waals surface area contributed by atoms with E-state index in [0.29, 0.717) is 17.1 Å². The third kappa shape index (κ3) is 3.86. The van der Waals surface area contributed by atoms with E-state index in [-0.39, 0.29) is 42.8 Å². The Labute approximate surface area is 171 Å². The Balaban J connectivity index is 2.26. The number of benzene rings is 1. The van der Waals surface area contributed by atoms with Gasteiger partial charge in [-0.25, -0.2) is 0 Å². The molecule has 2 aromatic rings. The number of rotatable bonds is 8. The summed E-state index contributed by atoms with van der Waals surface area (Å²) in [5.41, 5.74) is -0.430. The van der Waals surface area contributed by atoms with Crippen molar-refractivity contribution in [3.05, 3.63) is 39.4 Å². The van der Waals surface area contributed by atoms with Crippen molar-refractivity contribution in [1.82, 2.24) is 0 Å². The zero-order valence-corrected chi connectivity index (χ0v) is 16.7. The number of methoxy groups -OCH3 is 2. The van der Waals surface area contributed by atoms with Gasteiger partial charge in [0, 0.05) is 11.6 Å². The predicted octanol–water partition coefficient (Wildman–Crippen LogP) is 1.67. The smallest absolute Gasteiger partial charge is 0.306 e. The highest BCUT2D eigenvalue weighted by Gasteiger charge is 2.35.